The first-order chi connectivity index (χ1) is 41.5. The highest BCUT2D eigenvalue weighted by atomic mass is 32.1. The number of rotatable bonds is 21. The highest BCUT2D eigenvalue weighted by Crippen LogP contribution is 2.44. The first-order valence-corrected chi connectivity index (χ1v) is 31.0. The van der Waals surface area contributed by atoms with Crippen molar-refractivity contribution in [1.29, 1.82) is 0 Å². The summed E-state index contributed by atoms with van der Waals surface area (Å²) in [5, 5.41) is 1.48. The quantitative estimate of drug-likeness (QED) is 0.0372. The van der Waals surface area contributed by atoms with Crippen molar-refractivity contribution in [3.05, 3.63) is 126 Å². The molecular formula is C69H73NO15S. The Kier molecular flexibility index (Phi) is 19.9. The van der Waals surface area contributed by atoms with E-state index in [0.29, 0.717) is 141 Å². The zero-order valence-electron chi connectivity index (χ0n) is 48.8. The average Bonchev–Trinajstić information content (AvgIpc) is 2.03. The monoisotopic (exact) mass is 1190 g/mol. The van der Waals surface area contributed by atoms with Gasteiger partial charge in [0.15, 0.2) is 33.8 Å². The van der Waals surface area contributed by atoms with E-state index >= 15 is 0 Å². The lowest BCUT2D eigenvalue weighted by atomic mass is 9.81. The molecule has 0 saturated heterocycles. The molecular weight excluding hydrogens is 1110 g/mol. The van der Waals surface area contributed by atoms with Crippen LogP contribution in [0, 0.1) is 61.2 Å². The summed E-state index contributed by atoms with van der Waals surface area (Å²) in [6, 6.07) is 23.0. The van der Waals surface area contributed by atoms with Gasteiger partial charge in [0.1, 0.15) is 27.3 Å². The molecule has 4 aliphatic carbocycles. The predicted octanol–water partition coefficient (Wildman–Crippen LogP) is 13.3. The lowest BCUT2D eigenvalue weighted by Crippen LogP contribution is -2.31. The number of aryl methyl sites for hydroxylation is 2. The molecule has 0 N–H and O–H groups in total. The van der Waals surface area contributed by atoms with E-state index in [2.05, 4.69) is 19.2 Å². The maximum atomic E-state index is 13.9. The number of carbonyl (C=O) groups is 8. The minimum atomic E-state index is -0.393. The van der Waals surface area contributed by atoms with Crippen molar-refractivity contribution in [3.8, 4) is 33.8 Å². The number of furan rings is 1. The molecule has 0 radical (unpaired) electrons. The number of ketones is 2. The molecule has 6 aromatic rings. The van der Waals surface area contributed by atoms with Crippen molar-refractivity contribution in [1.82, 2.24) is 4.98 Å². The Morgan fingerprint density at radius 1 is 0.500 bits per heavy atom. The molecule has 16 nitrogen and oxygen atoms in total. The first kappa shape index (κ1) is 61.1. The third-order valence-corrected chi connectivity index (χ3v) is 18.7. The summed E-state index contributed by atoms with van der Waals surface area (Å²) in [6.07, 6.45) is 12.1. The van der Waals surface area contributed by atoms with Gasteiger partial charge in [-0.2, -0.15) is 0 Å². The van der Waals surface area contributed by atoms with Crippen LogP contribution in [-0.4, -0.2) is 65.6 Å². The summed E-state index contributed by atoms with van der Waals surface area (Å²) in [5.41, 5.74) is 4.80. The van der Waals surface area contributed by atoms with Gasteiger partial charge in [0.25, 0.3) is 0 Å². The molecule has 450 valence electrons. The Balaban J connectivity index is 0.685. The van der Waals surface area contributed by atoms with Crippen LogP contribution in [-0.2, 0) is 60.7 Å². The second-order valence-electron chi connectivity index (χ2n) is 23.8. The Bertz CT molecular complexity index is 3320. The number of aromatic nitrogens is 1. The Labute approximate surface area is 504 Å². The molecule has 0 bridgehead atoms. The van der Waals surface area contributed by atoms with E-state index < -0.39 is 5.97 Å². The zero-order valence-corrected chi connectivity index (χ0v) is 49.6. The number of hydrogen-bond acceptors (Lipinski definition) is 17. The van der Waals surface area contributed by atoms with E-state index in [9.17, 15) is 38.4 Å². The predicted molar refractivity (Wildman–Crippen MR) is 321 cm³/mol. The Hall–Kier alpha value is -8.05. The van der Waals surface area contributed by atoms with Crippen molar-refractivity contribution >= 4 is 79.9 Å². The SMILES string of the molecule is C=CC(=O)Cc1ccc(OC(=O)C2CCC(C(=O)OCC3CCC(C(=O)Oc4ccc(OC(=O)C5CCC(COC(=O)C6CCC(C(=O)Oc7ccc(CC(=O)C=C)cc7)CC6)CC5)c5sc(-c6cc7c(C)cc(C)cc7o6)nc45)CC3)CC2)cc1. The van der Waals surface area contributed by atoms with Gasteiger partial charge in [-0.15, -0.1) is 11.3 Å². The van der Waals surface area contributed by atoms with Gasteiger partial charge in [0.05, 0.1) is 48.7 Å². The summed E-state index contributed by atoms with van der Waals surface area (Å²) in [7, 11) is 0. The molecule has 0 atom stereocenters. The van der Waals surface area contributed by atoms with Gasteiger partial charge in [-0.3, -0.25) is 38.4 Å². The number of allylic oxidation sites excluding steroid dienone is 2. The van der Waals surface area contributed by atoms with Crippen molar-refractivity contribution in [2.45, 2.75) is 129 Å². The van der Waals surface area contributed by atoms with Crippen LogP contribution in [0.25, 0.3) is 32.0 Å². The van der Waals surface area contributed by atoms with E-state index in [1.54, 1.807) is 60.7 Å². The molecule has 4 aliphatic rings. The highest BCUT2D eigenvalue weighted by molar-refractivity contribution is 7.22. The number of thiazole rings is 1. The van der Waals surface area contributed by atoms with Crippen LogP contribution < -0.4 is 18.9 Å². The van der Waals surface area contributed by atoms with E-state index in [-0.39, 0.29) is 121 Å². The minimum absolute atomic E-state index is 0.0879. The number of nitrogens with zero attached hydrogens (tertiary/aromatic N) is 1. The van der Waals surface area contributed by atoms with Crippen molar-refractivity contribution < 1.29 is 71.2 Å². The van der Waals surface area contributed by atoms with Gasteiger partial charge in [-0.05, 0) is 211 Å². The van der Waals surface area contributed by atoms with E-state index in [1.807, 2.05) is 26.0 Å². The number of ether oxygens (including phenoxy) is 6. The molecule has 2 heterocycles. The summed E-state index contributed by atoms with van der Waals surface area (Å²) in [4.78, 5) is 109. The smallest absolute Gasteiger partial charge is 0.314 e. The fourth-order valence-corrected chi connectivity index (χ4v) is 13.4. The first-order valence-electron chi connectivity index (χ1n) is 30.2. The van der Waals surface area contributed by atoms with E-state index in [4.69, 9.17) is 37.8 Å². The summed E-state index contributed by atoms with van der Waals surface area (Å²) in [6.45, 7) is 11.5. The normalized spacial score (nSPS) is 22.2. The third kappa shape index (κ3) is 15.3. The lowest BCUT2D eigenvalue weighted by Gasteiger charge is -2.29. The topological polar surface area (TPSA) is 218 Å². The molecule has 4 aromatic carbocycles. The van der Waals surface area contributed by atoms with Crippen LogP contribution in [0.1, 0.15) is 125 Å². The molecule has 0 aliphatic heterocycles. The summed E-state index contributed by atoms with van der Waals surface area (Å²) in [5.74, 6) is -2.12. The van der Waals surface area contributed by atoms with Crippen molar-refractivity contribution in [3.63, 3.8) is 0 Å². The lowest BCUT2D eigenvalue weighted by molar-refractivity contribution is -0.154. The average molecular weight is 1190 g/mol. The van der Waals surface area contributed by atoms with Crippen molar-refractivity contribution in [2.75, 3.05) is 13.2 Å². The molecule has 4 saturated carbocycles. The molecule has 0 unspecified atom stereocenters. The van der Waals surface area contributed by atoms with Gasteiger partial charge in [-0.1, -0.05) is 43.5 Å². The summed E-state index contributed by atoms with van der Waals surface area (Å²) >= 11 is 1.29. The standard InChI is InChI=1S/C69H73NO15S/c1-5-52(71)35-42-11-27-54(28-12-42)81-66(75)50-23-19-46(20-24-50)64(73)79-38-44-7-15-48(16-8-44)68(77)84-57-31-32-58(62-61(57)70-63(86-62)60-37-56-41(4)33-40(3)34-59(56)83-60)85-69(78)49-17-9-45(10-18-49)39-80-65(74)47-21-25-51(26-22-47)67(76)82-55-29-13-43(14-30-55)36-53(72)6-2/h5-6,11-14,27-34,37,44-51H,1-2,7-10,15-26,35-36,38-39H2,3-4H3. The number of hydrogen-bond donors (Lipinski definition) is 0. The molecule has 86 heavy (non-hydrogen) atoms. The van der Waals surface area contributed by atoms with Crippen LogP contribution in [0.2, 0.25) is 0 Å². The number of carbonyl (C=O) groups excluding carboxylic acids is 8. The van der Waals surface area contributed by atoms with E-state index in [0.717, 1.165) is 33.2 Å². The Morgan fingerprint density at radius 2 is 0.895 bits per heavy atom. The second-order valence-corrected chi connectivity index (χ2v) is 24.8. The zero-order chi connectivity index (χ0) is 60.4. The molecule has 4 fully saturated rings. The van der Waals surface area contributed by atoms with Crippen LogP contribution >= 0.6 is 11.3 Å². The number of benzene rings is 4. The van der Waals surface area contributed by atoms with Gasteiger partial charge in [0.2, 0.25) is 0 Å². The fourth-order valence-electron chi connectivity index (χ4n) is 12.4. The van der Waals surface area contributed by atoms with Crippen LogP contribution in [0.5, 0.6) is 23.0 Å². The van der Waals surface area contributed by atoms with Crippen LogP contribution in [0.15, 0.2) is 109 Å². The summed E-state index contributed by atoms with van der Waals surface area (Å²) < 4.78 is 42.1. The maximum Gasteiger partial charge on any atom is 0.314 e. The van der Waals surface area contributed by atoms with Gasteiger partial charge in [-0.25, -0.2) is 4.98 Å². The largest absolute Gasteiger partial charge is 0.465 e. The van der Waals surface area contributed by atoms with Crippen LogP contribution in [0.4, 0.5) is 0 Å². The molecule has 0 spiro atoms. The van der Waals surface area contributed by atoms with Crippen molar-refractivity contribution in [2.24, 2.45) is 47.3 Å². The maximum absolute atomic E-state index is 13.9. The van der Waals surface area contributed by atoms with E-state index in [1.165, 1.54) is 23.5 Å². The minimum Gasteiger partial charge on any atom is -0.465 e. The van der Waals surface area contributed by atoms with Crippen LogP contribution in [0.3, 0.4) is 0 Å². The second kappa shape index (κ2) is 28.0. The molecule has 10 rings (SSSR count). The molecule has 17 heteroatoms. The molecule has 2 aromatic heterocycles. The third-order valence-electron chi connectivity index (χ3n) is 17.7. The van der Waals surface area contributed by atoms with Gasteiger partial charge in [0, 0.05) is 18.2 Å². The van der Waals surface area contributed by atoms with Gasteiger partial charge >= 0.3 is 35.8 Å². The fraction of sp³-hybridized carbons (Fsp3) is 0.435. The number of fused-ring (bicyclic) bond motifs is 2. The Morgan fingerprint density at radius 3 is 1.34 bits per heavy atom. The number of esters is 6. The highest BCUT2D eigenvalue weighted by Gasteiger charge is 2.36. The van der Waals surface area contributed by atoms with Gasteiger partial charge < -0.3 is 32.8 Å². The molecule has 0 amide bonds.